The molecule has 1 aliphatic carbocycles. The molecule has 0 aromatic heterocycles. The van der Waals surface area contributed by atoms with Gasteiger partial charge in [0.2, 0.25) is 5.91 Å². The molecule has 0 atom stereocenters. The molecule has 1 amide bonds. The summed E-state index contributed by atoms with van der Waals surface area (Å²) in [6, 6.07) is 6.84. The molecule has 0 spiro atoms. The second-order valence-electron chi connectivity index (χ2n) is 8.30. The minimum absolute atomic E-state index is 0.290. The molecule has 1 aromatic rings. The predicted molar refractivity (Wildman–Crippen MR) is 114 cm³/mol. The molecule has 3 fully saturated rings. The van der Waals surface area contributed by atoms with Gasteiger partial charge < -0.3 is 19.3 Å². The van der Waals surface area contributed by atoms with Gasteiger partial charge in [-0.2, -0.15) is 0 Å². The van der Waals surface area contributed by atoms with Gasteiger partial charge in [0.05, 0.1) is 20.8 Å². The normalized spacial score (nSPS) is 21.7. The fraction of sp³-hybridized carbons (Fsp3) is 0.682. The Labute approximate surface area is 174 Å². The highest BCUT2D eigenvalue weighted by molar-refractivity contribution is 5.78. The number of carbonyl (C=O) groups is 1. The zero-order chi connectivity index (χ0) is 20.2. The molecule has 29 heavy (non-hydrogen) atoms. The van der Waals surface area contributed by atoms with E-state index in [1.165, 1.54) is 19.3 Å². The highest BCUT2D eigenvalue weighted by atomic mass is 16.5. The molecule has 0 bridgehead atoms. The second kappa shape index (κ2) is 9.22. The lowest BCUT2D eigenvalue weighted by molar-refractivity contribution is -0.134. The van der Waals surface area contributed by atoms with Crippen LogP contribution in [0.5, 0.6) is 11.5 Å². The highest BCUT2D eigenvalue weighted by Gasteiger charge is 2.30. The van der Waals surface area contributed by atoms with E-state index < -0.39 is 0 Å². The van der Waals surface area contributed by atoms with Crippen molar-refractivity contribution >= 4 is 11.6 Å². The van der Waals surface area contributed by atoms with Crippen LogP contribution in [0.15, 0.2) is 18.2 Å². The van der Waals surface area contributed by atoms with E-state index in [2.05, 4.69) is 25.7 Å². The third-order valence-corrected chi connectivity index (χ3v) is 6.72. The maximum Gasteiger partial charge on any atom is 0.236 e. The molecule has 0 N–H and O–H groups in total. The summed E-state index contributed by atoms with van der Waals surface area (Å²) in [7, 11) is 3.32. The third kappa shape index (κ3) is 4.61. The summed E-state index contributed by atoms with van der Waals surface area (Å²) in [6.45, 7) is 8.05. The first-order chi connectivity index (χ1) is 14.2. The van der Waals surface area contributed by atoms with Crippen LogP contribution in [-0.4, -0.2) is 99.8 Å². The number of ether oxygens (including phenoxy) is 2. The second-order valence-corrected chi connectivity index (χ2v) is 8.30. The lowest BCUT2D eigenvalue weighted by Gasteiger charge is -2.43. The van der Waals surface area contributed by atoms with Crippen LogP contribution in [0, 0.1) is 0 Å². The maximum atomic E-state index is 12.8. The SMILES string of the molecule is COc1ccc(N2CCN(CC(=O)N3CCN(C4CCC4)CC3)CC2)cc1OC. The van der Waals surface area contributed by atoms with Crippen molar-refractivity contribution in [3.8, 4) is 11.5 Å². The van der Waals surface area contributed by atoms with E-state index in [4.69, 9.17) is 9.47 Å². The van der Waals surface area contributed by atoms with Gasteiger partial charge in [0, 0.05) is 70.2 Å². The number of methoxy groups -OCH3 is 2. The minimum Gasteiger partial charge on any atom is -0.493 e. The van der Waals surface area contributed by atoms with Gasteiger partial charge in [0.25, 0.3) is 0 Å². The van der Waals surface area contributed by atoms with Gasteiger partial charge in [0.1, 0.15) is 0 Å². The highest BCUT2D eigenvalue weighted by Crippen LogP contribution is 2.32. The number of benzene rings is 1. The summed E-state index contributed by atoms with van der Waals surface area (Å²) in [5, 5.41) is 0. The molecule has 7 heteroatoms. The Morgan fingerprint density at radius 1 is 0.931 bits per heavy atom. The Morgan fingerprint density at radius 2 is 1.62 bits per heavy atom. The number of amides is 1. The molecular weight excluding hydrogens is 368 g/mol. The van der Waals surface area contributed by atoms with Crippen molar-refractivity contribution in [2.24, 2.45) is 0 Å². The summed E-state index contributed by atoms with van der Waals surface area (Å²) >= 11 is 0. The van der Waals surface area contributed by atoms with Crippen LogP contribution in [0.4, 0.5) is 5.69 Å². The van der Waals surface area contributed by atoms with Crippen LogP contribution in [0.25, 0.3) is 0 Å². The molecule has 3 aliphatic rings. The van der Waals surface area contributed by atoms with Gasteiger partial charge in [-0.3, -0.25) is 14.6 Å². The summed E-state index contributed by atoms with van der Waals surface area (Å²) in [6.07, 6.45) is 4.07. The molecule has 1 aromatic carbocycles. The van der Waals surface area contributed by atoms with E-state index in [1.54, 1.807) is 14.2 Å². The molecule has 2 saturated heterocycles. The first-order valence-electron chi connectivity index (χ1n) is 10.9. The molecule has 0 radical (unpaired) electrons. The number of hydrogen-bond acceptors (Lipinski definition) is 6. The first-order valence-corrected chi connectivity index (χ1v) is 10.9. The van der Waals surface area contributed by atoms with Crippen molar-refractivity contribution in [1.82, 2.24) is 14.7 Å². The molecule has 7 nitrogen and oxygen atoms in total. The summed E-state index contributed by atoms with van der Waals surface area (Å²) in [5.74, 6) is 1.79. The van der Waals surface area contributed by atoms with E-state index in [1.807, 2.05) is 12.1 Å². The van der Waals surface area contributed by atoms with Crippen molar-refractivity contribution in [1.29, 1.82) is 0 Å². The number of nitrogens with zero attached hydrogens (tertiary/aromatic N) is 4. The number of anilines is 1. The molecule has 2 heterocycles. The first kappa shape index (κ1) is 20.3. The average molecular weight is 403 g/mol. The van der Waals surface area contributed by atoms with E-state index >= 15 is 0 Å². The summed E-state index contributed by atoms with van der Waals surface area (Å²) < 4.78 is 10.8. The fourth-order valence-electron chi connectivity index (χ4n) is 4.57. The molecular formula is C22H34N4O3. The zero-order valence-corrected chi connectivity index (χ0v) is 17.8. The van der Waals surface area contributed by atoms with Crippen molar-refractivity contribution in [2.45, 2.75) is 25.3 Å². The fourth-order valence-corrected chi connectivity index (χ4v) is 4.57. The van der Waals surface area contributed by atoms with Crippen LogP contribution in [0.2, 0.25) is 0 Å². The van der Waals surface area contributed by atoms with E-state index in [-0.39, 0.29) is 5.91 Å². The van der Waals surface area contributed by atoms with Crippen LogP contribution < -0.4 is 14.4 Å². The van der Waals surface area contributed by atoms with Crippen LogP contribution >= 0.6 is 0 Å². The van der Waals surface area contributed by atoms with Gasteiger partial charge in [-0.25, -0.2) is 0 Å². The molecule has 0 unspecified atom stereocenters. The average Bonchev–Trinajstić information content (AvgIpc) is 2.73. The van der Waals surface area contributed by atoms with Crippen LogP contribution in [-0.2, 0) is 4.79 Å². The standard InChI is InChI=1S/C22H34N4O3/c1-28-20-7-6-19(16-21(20)29-2)25-10-8-23(9-11-25)17-22(27)26-14-12-24(13-15-26)18-4-3-5-18/h6-7,16,18H,3-5,8-15,17H2,1-2H3. The van der Waals surface area contributed by atoms with Crippen molar-refractivity contribution < 1.29 is 14.3 Å². The van der Waals surface area contributed by atoms with Crippen LogP contribution in [0.3, 0.4) is 0 Å². The van der Waals surface area contributed by atoms with Gasteiger partial charge in [0.15, 0.2) is 11.5 Å². The van der Waals surface area contributed by atoms with Crippen molar-refractivity contribution in [3.63, 3.8) is 0 Å². The van der Waals surface area contributed by atoms with Crippen molar-refractivity contribution in [2.75, 3.05) is 78.0 Å². The molecule has 4 rings (SSSR count). The van der Waals surface area contributed by atoms with E-state index in [0.29, 0.717) is 6.54 Å². The quantitative estimate of drug-likeness (QED) is 0.719. The van der Waals surface area contributed by atoms with Crippen molar-refractivity contribution in [3.05, 3.63) is 18.2 Å². The number of carbonyl (C=O) groups excluding carboxylic acids is 1. The molecule has 160 valence electrons. The number of hydrogen-bond donors (Lipinski definition) is 0. The third-order valence-electron chi connectivity index (χ3n) is 6.72. The maximum absolute atomic E-state index is 12.8. The van der Waals surface area contributed by atoms with Gasteiger partial charge >= 0.3 is 0 Å². The molecule has 2 aliphatic heterocycles. The summed E-state index contributed by atoms with van der Waals surface area (Å²) in [4.78, 5) is 22.0. The zero-order valence-electron chi connectivity index (χ0n) is 17.8. The summed E-state index contributed by atoms with van der Waals surface area (Å²) in [5.41, 5.74) is 1.14. The molecule has 1 saturated carbocycles. The van der Waals surface area contributed by atoms with E-state index in [9.17, 15) is 4.79 Å². The van der Waals surface area contributed by atoms with Gasteiger partial charge in [-0.1, -0.05) is 6.42 Å². The monoisotopic (exact) mass is 402 g/mol. The van der Waals surface area contributed by atoms with Crippen LogP contribution in [0.1, 0.15) is 19.3 Å². The van der Waals surface area contributed by atoms with Gasteiger partial charge in [-0.15, -0.1) is 0 Å². The predicted octanol–water partition coefficient (Wildman–Crippen LogP) is 1.52. The lowest BCUT2D eigenvalue weighted by atomic mass is 9.91. The minimum atomic E-state index is 0.290. The van der Waals surface area contributed by atoms with E-state index in [0.717, 1.165) is 75.6 Å². The Balaban J connectivity index is 1.23. The lowest BCUT2D eigenvalue weighted by Crippen LogP contribution is -2.56. The Bertz CT molecular complexity index is 693. The largest absolute Gasteiger partial charge is 0.493 e. The Kier molecular flexibility index (Phi) is 6.45. The Hall–Kier alpha value is -1.99. The van der Waals surface area contributed by atoms with Gasteiger partial charge in [-0.05, 0) is 25.0 Å². The number of piperazine rings is 2. The number of rotatable bonds is 6. The smallest absolute Gasteiger partial charge is 0.236 e. The Morgan fingerprint density at radius 3 is 2.21 bits per heavy atom. The topological polar surface area (TPSA) is 48.5 Å².